The highest BCUT2D eigenvalue weighted by molar-refractivity contribution is 6.31. The van der Waals surface area contributed by atoms with Gasteiger partial charge in [-0.3, -0.25) is 9.48 Å². The van der Waals surface area contributed by atoms with Gasteiger partial charge in [0.15, 0.2) is 0 Å². The molecule has 1 amide bonds. The van der Waals surface area contributed by atoms with E-state index in [-0.39, 0.29) is 5.91 Å². The monoisotopic (exact) mass is 435 g/mol. The molecule has 1 N–H and O–H groups in total. The summed E-state index contributed by atoms with van der Waals surface area (Å²) >= 11 is 6.25. The maximum Gasteiger partial charge on any atom is 0.248 e. The van der Waals surface area contributed by atoms with Gasteiger partial charge < -0.3 is 14.8 Å². The molecule has 1 heterocycles. The van der Waals surface area contributed by atoms with Gasteiger partial charge in [-0.1, -0.05) is 41.9 Å². The summed E-state index contributed by atoms with van der Waals surface area (Å²) in [5.74, 6) is 0.968. The largest absolute Gasteiger partial charge is 0.497 e. The number of aromatic nitrogens is 2. The molecular weight excluding hydrogens is 414 g/mol. The molecule has 0 aliphatic heterocycles. The zero-order valence-corrected chi connectivity index (χ0v) is 18.2. The van der Waals surface area contributed by atoms with Crippen molar-refractivity contribution in [3.8, 4) is 22.8 Å². The van der Waals surface area contributed by atoms with Crippen LogP contribution in [0.5, 0.6) is 11.5 Å². The predicted molar refractivity (Wildman–Crippen MR) is 123 cm³/mol. The molecule has 7 heteroatoms. The van der Waals surface area contributed by atoms with Crippen molar-refractivity contribution < 1.29 is 14.3 Å². The van der Waals surface area contributed by atoms with E-state index in [0.29, 0.717) is 22.2 Å². The Morgan fingerprint density at radius 2 is 1.68 bits per heavy atom. The lowest BCUT2D eigenvalue weighted by atomic mass is 10.1. The van der Waals surface area contributed by atoms with E-state index in [9.17, 15) is 4.79 Å². The van der Waals surface area contributed by atoms with E-state index in [1.165, 1.54) is 0 Å². The summed E-state index contributed by atoms with van der Waals surface area (Å²) in [6.07, 6.45) is 0. The molecule has 0 unspecified atom stereocenters. The Bertz CT molecular complexity index is 1220. The van der Waals surface area contributed by atoms with Crippen LogP contribution in [0.15, 0.2) is 66.7 Å². The van der Waals surface area contributed by atoms with Crippen molar-refractivity contribution in [1.29, 1.82) is 0 Å². The van der Waals surface area contributed by atoms with Gasteiger partial charge in [0.2, 0.25) is 5.91 Å². The molecule has 1 aromatic heterocycles. The van der Waals surface area contributed by atoms with E-state index in [2.05, 4.69) is 5.32 Å². The number of fused-ring (bicyclic) bond motifs is 1. The lowest BCUT2D eigenvalue weighted by Crippen LogP contribution is -2.24. The Hall–Kier alpha value is -3.51. The second kappa shape index (κ2) is 8.70. The summed E-state index contributed by atoms with van der Waals surface area (Å²) in [6.45, 7) is 1.81. The van der Waals surface area contributed by atoms with Gasteiger partial charge in [0.1, 0.15) is 23.2 Å². The fraction of sp³-hybridized carbons (Fsp3) is 0.167. The van der Waals surface area contributed by atoms with Crippen LogP contribution in [0.25, 0.3) is 22.2 Å². The number of anilines is 1. The highest BCUT2D eigenvalue weighted by Crippen LogP contribution is 2.32. The zero-order chi connectivity index (χ0) is 22.0. The number of hydrogen-bond donors (Lipinski definition) is 1. The molecule has 0 saturated carbocycles. The quantitative estimate of drug-likeness (QED) is 0.429. The number of hydrogen-bond acceptors (Lipinski definition) is 4. The minimum atomic E-state index is -0.571. The molecule has 3 aromatic carbocycles. The number of amides is 1. The highest BCUT2D eigenvalue weighted by atomic mass is 35.5. The van der Waals surface area contributed by atoms with Crippen LogP contribution in [-0.4, -0.2) is 29.9 Å². The first-order valence-electron chi connectivity index (χ1n) is 9.77. The molecule has 0 bridgehead atoms. The van der Waals surface area contributed by atoms with E-state index in [1.54, 1.807) is 43.2 Å². The Morgan fingerprint density at radius 1 is 1.00 bits per heavy atom. The van der Waals surface area contributed by atoms with Crippen LogP contribution in [0, 0.1) is 0 Å². The summed E-state index contributed by atoms with van der Waals surface area (Å²) in [4.78, 5) is 13.1. The summed E-state index contributed by atoms with van der Waals surface area (Å²) < 4.78 is 12.3. The Kier molecular flexibility index (Phi) is 5.82. The molecule has 0 saturated heterocycles. The number of methoxy groups -OCH3 is 2. The molecule has 0 aliphatic rings. The van der Waals surface area contributed by atoms with Crippen molar-refractivity contribution in [2.24, 2.45) is 0 Å². The van der Waals surface area contributed by atoms with Crippen LogP contribution < -0.4 is 14.8 Å². The molecule has 0 aliphatic carbocycles. The van der Waals surface area contributed by atoms with Crippen molar-refractivity contribution in [3.63, 3.8) is 0 Å². The molecule has 4 aromatic rings. The first-order chi connectivity index (χ1) is 15.0. The van der Waals surface area contributed by atoms with Gasteiger partial charge in [0.05, 0.1) is 19.7 Å². The molecule has 6 nitrogen and oxygen atoms in total. The van der Waals surface area contributed by atoms with Gasteiger partial charge in [0, 0.05) is 39.9 Å². The summed E-state index contributed by atoms with van der Waals surface area (Å²) in [5, 5.41) is 9.21. The van der Waals surface area contributed by atoms with E-state index in [0.717, 1.165) is 22.2 Å². The maximum atomic E-state index is 13.1. The number of carbonyl (C=O) groups excluding carboxylic acids is 1. The summed E-state index contributed by atoms with van der Waals surface area (Å²) in [5.41, 5.74) is 3.14. The Balaban J connectivity index is 1.71. The number of rotatable bonds is 6. The van der Waals surface area contributed by atoms with Crippen molar-refractivity contribution in [3.05, 3.63) is 71.8 Å². The average molecular weight is 436 g/mol. The molecule has 31 heavy (non-hydrogen) atoms. The second-order valence-electron chi connectivity index (χ2n) is 7.09. The summed E-state index contributed by atoms with van der Waals surface area (Å²) in [6, 6.07) is 20.0. The third kappa shape index (κ3) is 4.20. The van der Waals surface area contributed by atoms with E-state index < -0.39 is 6.04 Å². The van der Waals surface area contributed by atoms with Crippen molar-refractivity contribution in [2.75, 3.05) is 19.5 Å². The van der Waals surface area contributed by atoms with E-state index in [1.807, 2.05) is 49.4 Å². The Morgan fingerprint density at radius 3 is 2.32 bits per heavy atom. The minimum absolute atomic E-state index is 0.214. The van der Waals surface area contributed by atoms with Crippen LogP contribution in [0.2, 0.25) is 5.02 Å². The molecular formula is C24H22ClN3O3. The van der Waals surface area contributed by atoms with Crippen LogP contribution in [-0.2, 0) is 4.79 Å². The molecule has 0 fully saturated rings. The zero-order valence-electron chi connectivity index (χ0n) is 17.4. The molecule has 158 valence electrons. The highest BCUT2D eigenvalue weighted by Gasteiger charge is 2.22. The topological polar surface area (TPSA) is 65.4 Å². The van der Waals surface area contributed by atoms with E-state index in [4.69, 9.17) is 26.2 Å². The molecule has 4 rings (SSSR count). The number of carbonyl (C=O) groups is 1. The lowest BCUT2D eigenvalue weighted by molar-refractivity contribution is -0.118. The molecule has 1 atom stereocenters. The van der Waals surface area contributed by atoms with Gasteiger partial charge in [-0.2, -0.15) is 5.10 Å². The van der Waals surface area contributed by atoms with Crippen molar-refractivity contribution >= 4 is 34.1 Å². The second-order valence-corrected chi connectivity index (χ2v) is 7.52. The number of nitrogens with one attached hydrogen (secondary N) is 1. The standard InChI is InChI=1S/C24H22ClN3O3/c1-15(24(29)26-18-12-19(30-2)14-20(13-18)31-3)28-22-10-9-17(25)11-21(22)23(27-28)16-7-5-4-6-8-16/h4-15H,1-3H3,(H,26,29)/t15-/m1/s1. The van der Waals surface area contributed by atoms with Crippen LogP contribution in [0.3, 0.4) is 0 Å². The first-order valence-corrected chi connectivity index (χ1v) is 10.1. The molecule has 0 radical (unpaired) electrons. The fourth-order valence-corrected chi connectivity index (χ4v) is 3.63. The third-order valence-corrected chi connectivity index (χ3v) is 5.32. The predicted octanol–water partition coefficient (Wildman–Crippen LogP) is 5.57. The number of ether oxygens (including phenoxy) is 2. The van der Waals surface area contributed by atoms with Gasteiger partial charge in [-0.05, 0) is 25.1 Å². The van der Waals surface area contributed by atoms with Crippen LogP contribution in [0.4, 0.5) is 5.69 Å². The van der Waals surface area contributed by atoms with Gasteiger partial charge in [-0.15, -0.1) is 0 Å². The number of benzene rings is 3. The summed E-state index contributed by atoms with van der Waals surface area (Å²) in [7, 11) is 3.13. The minimum Gasteiger partial charge on any atom is -0.497 e. The lowest BCUT2D eigenvalue weighted by Gasteiger charge is -2.15. The smallest absolute Gasteiger partial charge is 0.248 e. The van der Waals surface area contributed by atoms with Crippen LogP contribution in [0.1, 0.15) is 13.0 Å². The average Bonchev–Trinajstić information content (AvgIpc) is 3.17. The number of nitrogens with zero attached hydrogens (tertiary/aromatic N) is 2. The Labute approximate surface area is 185 Å². The van der Waals surface area contributed by atoms with E-state index >= 15 is 0 Å². The van der Waals surface area contributed by atoms with Crippen molar-refractivity contribution in [1.82, 2.24) is 9.78 Å². The van der Waals surface area contributed by atoms with Gasteiger partial charge in [-0.25, -0.2) is 0 Å². The van der Waals surface area contributed by atoms with Gasteiger partial charge >= 0.3 is 0 Å². The van der Waals surface area contributed by atoms with Gasteiger partial charge in [0.25, 0.3) is 0 Å². The third-order valence-electron chi connectivity index (χ3n) is 5.08. The van der Waals surface area contributed by atoms with Crippen molar-refractivity contribution in [2.45, 2.75) is 13.0 Å². The maximum absolute atomic E-state index is 13.1. The fourth-order valence-electron chi connectivity index (χ4n) is 3.46. The first kappa shape index (κ1) is 20.8. The SMILES string of the molecule is COc1cc(NC(=O)[C@@H](C)n2nc(-c3ccccc3)c3cc(Cl)ccc32)cc(OC)c1. The number of halogens is 1. The molecule has 0 spiro atoms. The van der Waals surface area contributed by atoms with Crippen LogP contribution >= 0.6 is 11.6 Å². The normalized spacial score (nSPS) is 11.9.